The van der Waals surface area contributed by atoms with Crippen LogP contribution in [0.3, 0.4) is 0 Å². The van der Waals surface area contributed by atoms with Gasteiger partial charge in [0.2, 0.25) is 0 Å². The van der Waals surface area contributed by atoms with Crippen LogP contribution in [0.15, 0.2) is 77.9 Å². The molecule has 0 spiro atoms. The Morgan fingerprint density at radius 1 is 0.889 bits per heavy atom. The zero-order valence-electron chi connectivity index (χ0n) is 15.1. The first-order chi connectivity index (χ1) is 13.1. The quantitative estimate of drug-likeness (QED) is 0.637. The van der Waals surface area contributed by atoms with E-state index >= 15 is 0 Å². The lowest BCUT2D eigenvalue weighted by molar-refractivity contribution is 0.253. The Balaban J connectivity index is 1.98. The van der Waals surface area contributed by atoms with Crippen LogP contribution in [0.4, 0.5) is 20.6 Å². The van der Waals surface area contributed by atoms with Crippen LogP contribution in [-0.4, -0.2) is 18.8 Å². The minimum atomic E-state index is -0.360. The molecule has 2 amide bonds. The summed E-state index contributed by atoms with van der Waals surface area (Å²) < 4.78 is 13.4. The summed E-state index contributed by atoms with van der Waals surface area (Å²) in [6, 6.07) is 21.0. The Bertz CT molecular complexity index is 1030. The number of rotatable bonds is 2. The van der Waals surface area contributed by atoms with Gasteiger partial charge in [-0.3, -0.25) is 4.90 Å². The molecule has 1 aliphatic heterocycles. The van der Waals surface area contributed by atoms with Crippen LogP contribution < -0.4 is 9.91 Å². The molecular formula is C22H18FN3O. The van der Waals surface area contributed by atoms with Crippen molar-refractivity contribution in [1.82, 2.24) is 0 Å². The van der Waals surface area contributed by atoms with Crippen LogP contribution in [-0.2, 0) is 0 Å². The number of hydrogen-bond donors (Lipinski definition) is 0. The lowest BCUT2D eigenvalue weighted by Crippen LogP contribution is -2.37. The molecule has 0 N–H and O–H groups in total. The highest BCUT2D eigenvalue weighted by Gasteiger charge is 2.29. The maximum absolute atomic E-state index is 13.4. The van der Waals surface area contributed by atoms with E-state index in [-0.39, 0.29) is 11.8 Å². The Kier molecular flexibility index (Phi) is 4.20. The van der Waals surface area contributed by atoms with Crippen molar-refractivity contribution in [1.29, 1.82) is 0 Å². The van der Waals surface area contributed by atoms with Crippen LogP contribution in [0, 0.1) is 12.7 Å². The molecule has 0 fully saturated rings. The SMILES string of the molecule is Cc1cccc2c1C(c1ccccc1)=NN(c1ccc(F)cc1)C(=O)N2C. The summed E-state index contributed by atoms with van der Waals surface area (Å²) in [6.07, 6.45) is 0. The second kappa shape index (κ2) is 6.68. The molecule has 0 aliphatic carbocycles. The molecule has 3 aromatic rings. The fourth-order valence-corrected chi connectivity index (χ4v) is 3.23. The van der Waals surface area contributed by atoms with Gasteiger partial charge in [-0.1, -0.05) is 42.5 Å². The third-order valence-electron chi connectivity index (χ3n) is 4.64. The fraction of sp³-hybridized carbons (Fsp3) is 0.0909. The van der Waals surface area contributed by atoms with Crippen molar-refractivity contribution in [2.45, 2.75) is 6.92 Å². The Labute approximate surface area is 157 Å². The van der Waals surface area contributed by atoms with E-state index in [1.807, 2.05) is 55.5 Å². The van der Waals surface area contributed by atoms with Gasteiger partial charge in [0.1, 0.15) is 11.5 Å². The minimum absolute atomic E-state index is 0.306. The molecule has 5 heteroatoms. The monoisotopic (exact) mass is 359 g/mol. The van der Waals surface area contributed by atoms with Gasteiger partial charge >= 0.3 is 6.03 Å². The summed E-state index contributed by atoms with van der Waals surface area (Å²) in [6.45, 7) is 2.00. The third kappa shape index (κ3) is 2.97. The number of benzene rings is 3. The average molecular weight is 359 g/mol. The van der Waals surface area contributed by atoms with Crippen LogP contribution >= 0.6 is 0 Å². The number of fused-ring (bicyclic) bond motifs is 1. The van der Waals surface area contributed by atoms with Crippen molar-refractivity contribution >= 4 is 23.1 Å². The van der Waals surface area contributed by atoms with Gasteiger partial charge in [0.25, 0.3) is 0 Å². The number of hydrogen-bond acceptors (Lipinski definition) is 2. The summed E-state index contributed by atoms with van der Waals surface area (Å²) in [7, 11) is 1.72. The first-order valence-electron chi connectivity index (χ1n) is 8.63. The second-order valence-electron chi connectivity index (χ2n) is 6.41. The predicted octanol–water partition coefficient (Wildman–Crippen LogP) is 4.96. The minimum Gasteiger partial charge on any atom is -0.295 e. The molecule has 0 saturated heterocycles. The summed E-state index contributed by atoms with van der Waals surface area (Å²) >= 11 is 0. The molecule has 134 valence electrons. The first kappa shape index (κ1) is 17.0. The number of hydrazone groups is 1. The number of amides is 2. The molecule has 3 aromatic carbocycles. The molecule has 0 unspecified atom stereocenters. The fourth-order valence-electron chi connectivity index (χ4n) is 3.23. The van der Waals surface area contributed by atoms with E-state index in [0.29, 0.717) is 11.4 Å². The van der Waals surface area contributed by atoms with Crippen molar-refractivity contribution in [2.75, 3.05) is 17.0 Å². The number of halogens is 1. The molecule has 0 radical (unpaired) electrons. The molecule has 27 heavy (non-hydrogen) atoms. The Hall–Kier alpha value is -3.47. The number of anilines is 2. The molecule has 0 aromatic heterocycles. The zero-order chi connectivity index (χ0) is 19.0. The van der Waals surface area contributed by atoms with Gasteiger partial charge in [-0.15, -0.1) is 0 Å². The number of urea groups is 1. The van der Waals surface area contributed by atoms with Crippen molar-refractivity contribution < 1.29 is 9.18 Å². The standard InChI is InChI=1S/C22H18FN3O/c1-15-7-6-10-19-20(15)21(16-8-4-3-5-9-16)24-26(22(27)25(19)2)18-13-11-17(23)12-14-18/h3-14H,1-2H3. The predicted molar refractivity (Wildman–Crippen MR) is 106 cm³/mol. The molecule has 4 nitrogen and oxygen atoms in total. The van der Waals surface area contributed by atoms with E-state index in [0.717, 1.165) is 22.4 Å². The van der Waals surface area contributed by atoms with Gasteiger partial charge in [-0.2, -0.15) is 10.1 Å². The van der Waals surface area contributed by atoms with Gasteiger partial charge in [-0.25, -0.2) is 9.18 Å². The third-order valence-corrected chi connectivity index (χ3v) is 4.64. The molecule has 4 rings (SSSR count). The maximum Gasteiger partial charge on any atom is 0.349 e. The average Bonchev–Trinajstić information content (AvgIpc) is 2.80. The highest BCUT2D eigenvalue weighted by atomic mass is 19.1. The summed E-state index contributed by atoms with van der Waals surface area (Å²) in [5, 5.41) is 6.04. The highest BCUT2D eigenvalue weighted by molar-refractivity contribution is 6.22. The van der Waals surface area contributed by atoms with Gasteiger partial charge in [0.05, 0.1) is 11.4 Å². The van der Waals surface area contributed by atoms with Gasteiger partial charge in [0, 0.05) is 18.2 Å². The van der Waals surface area contributed by atoms with E-state index in [2.05, 4.69) is 0 Å². The number of carbonyl (C=O) groups excluding carboxylic acids is 1. The van der Waals surface area contributed by atoms with Gasteiger partial charge in [0.15, 0.2) is 0 Å². The number of aryl methyl sites for hydroxylation is 1. The second-order valence-corrected chi connectivity index (χ2v) is 6.41. The van der Waals surface area contributed by atoms with Crippen LogP contribution in [0.2, 0.25) is 0 Å². The van der Waals surface area contributed by atoms with Crippen molar-refractivity contribution in [3.63, 3.8) is 0 Å². The Morgan fingerprint density at radius 3 is 2.30 bits per heavy atom. The lowest BCUT2D eigenvalue weighted by atomic mass is 9.96. The van der Waals surface area contributed by atoms with Crippen molar-refractivity contribution in [2.24, 2.45) is 5.10 Å². The van der Waals surface area contributed by atoms with Crippen molar-refractivity contribution in [3.05, 3.63) is 95.3 Å². The largest absolute Gasteiger partial charge is 0.349 e. The van der Waals surface area contributed by atoms with Crippen LogP contribution in [0.25, 0.3) is 0 Å². The zero-order valence-corrected chi connectivity index (χ0v) is 15.1. The van der Waals surface area contributed by atoms with E-state index < -0.39 is 0 Å². The van der Waals surface area contributed by atoms with Crippen LogP contribution in [0.1, 0.15) is 16.7 Å². The lowest BCUT2D eigenvalue weighted by Gasteiger charge is -2.22. The maximum atomic E-state index is 13.4. The molecule has 0 saturated carbocycles. The van der Waals surface area contributed by atoms with E-state index in [1.54, 1.807) is 24.1 Å². The summed E-state index contributed by atoms with van der Waals surface area (Å²) in [5.74, 6) is -0.360. The summed E-state index contributed by atoms with van der Waals surface area (Å²) in [4.78, 5) is 14.7. The van der Waals surface area contributed by atoms with Gasteiger partial charge < -0.3 is 0 Å². The molecule has 0 bridgehead atoms. The Morgan fingerprint density at radius 2 is 1.59 bits per heavy atom. The first-order valence-corrected chi connectivity index (χ1v) is 8.63. The van der Waals surface area contributed by atoms with Crippen LogP contribution in [0.5, 0.6) is 0 Å². The molecule has 1 aliphatic rings. The topological polar surface area (TPSA) is 35.9 Å². The smallest absolute Gasteiger partial charge is 0.295 e. The van der Waals surface area contributed by atoms with E-state index in [4.69, 9.17) is 5.10 Å². The normalized spacial score (nSPS) is 13.9. The summed E-state index contributed by atoms with van der Waals surface area (Å²) in [5.41, 5.74) is 4.83. The molecule has 0 atom stereocenters. The molecular weight excluding hydrogens is 341 g/mol. The number of carbonyl (C=O) groups is 1. The van der Waals surface area contributed by atoms with E-state index in [9.17, 15) is 9.18 Å². The van der Waals surface area contributed by atoms with Gasteiger partial charge in [-0.05, 0) is 42.8 Å². The van der Waals surface area contributed by atoms with Crippen molar-refractivity contribution in [3.8, 4) is 0 Å². The molecule has 1 heterocycles. The number of nitrogens with zero attached hydrogens (tertiary/aromatic N) is 3. The highest BCUT2D eigenvalue weighted by Crippen LogP contribution is 2.32. The van der Waals surface area contributed by atoms with E-state index in [1.165, 1.54) is 17.1 Å².